The van der Waals surface area contributed by atoms with E-state index in [0.29, 0.717) is 30.8 Å². The molecule has 0 unspecified atom stereocenters. The van der Waals surface area contributed by atoms with E-state index < -0.39 is 23.8 Å². The van der Waals surface area contributed by atoms with E-state index in [9.17, 15) is 18.0 Å². The van der Waals surface area contributed by atoms with Gasteiger partial charge in [-0.05, 0) is 25.0 Å². The highest BCUT2D eigenvalue weighted by atomic mass is 19.4. The number of aliphatic hydroxyl groups is 1. The number of para-hydroxylation sites is 1. The summed E-state index contributed by atoms with van der Waals surface area (Å²) in [6.07, 6.45) is -2.65. The Bertz CT molecular complexity index is 1520. The van der Waals surface area contributed by atoms with E-state index in [1.54, 1.807) is 6.07 Å². The lowest BCUT2D eigenvalue weighted by Gasteiger charge is -2.13. The van der Waals surface area contributed by atoms with E-state index in [-0.39, 0.29) is 29.8 Å². The molecule has 1 atom stereocenters. The molecule has 2 aromatic carbocycles. The van der Waals surface area contributed by atoms with Crippen molar-refractivity contribution >= 4 is 29.0 Å². The molecule has 206 valence electrons. The number of aliphatic imine (C=N–C) groups is 1. The van der Waals surface area contributed by atoms with Gasteiger partial charge in [-0.25, -0.2) is 9.98 Å². The van der Waals surface area contributed by atoms with Crippen LogP contribution in [0.2, 0.25) is 0 Å². The van der Waals surface area contributed by atoms with Crippen LogP contribution in [0.15, 0.2) is 82.5 Å². The summed E-state index contributed by atoms with van der Waals surface area (Å²) < 4.78 is 45.8. The second kappa shape index (κ2) is 11.6. The number of rotatable bonds is 9. The van der Waals surface area contributed by atoms with Crippen LogP contribution in [-0.4, -0.2) is 46.0 Å². The number of anilines is 3. The van der Waals surface area contributed by atoms with Crippen LogP contribution in [0.5, 0.6) is 0 Å². The van der Waals surface area contributed by atoms with E-state index in [2.05, 4.69) is 30.9 Å². The molecule has 4 N–H and O–H groups in total. The largest absolute Gasteiger partial charge is 0.422 e. The topological polar surface area (TPSA) is 125 Å². The molecule has 2 aromatic heterocycles. The third kappa shape index (κ3) is 5.96. The summed E-state index contributed by atoms with van der Waals surface area (Å²) in [4.78, 5) is 25.9. The number of amides is 1. The molecule has 1 amide bonds. The summed E-state index contributed by atoms with van der Waals surface area (Å²) in [5.74, 6) is -0.359. The fourth-order valence-corrected chi connectivity index (χ4v) is 4.16. The first-order valence-corrected chi connectivity index (χ1v) is 12.5. The first-order valence-electron chi connectivity index (χ1n) is 12.5. The summed E-state index contributed by atoms with van der Waals surface area (Å²) >= 11 is 0. The van der Waals surface area contributed by atoms with E-state index in [1.807, 2.05) is 48.5 Å². The number of hydrogen-bond donors (Lipinski definition) is 4. The zero-order valence-electron chi connectivity index (χ0n) is 21.1. The summed E-state index contributed by atoms with van der Waals surface area (Å²) in [7, 11) is 0. The number of benzene rings is 2. The van der Waals surface area contributed by atoms with Crippen molar-refractivity contribution in [3.05, 3.63) is 89.7 Å². The molecule has 12 heteroatoms. The predicted molar refractivity (Wildman–Crippen MR) is 144 cm³/mol. The fourth-order valence-electron chi connectivity index (χ4n) is 4.16. The van der Waals surface area contributed by atoms with Crippen LogP contribution in [0, 0.1) is 0 Å². The van der Waals surface area contributed by atoms with Gasteiger partial charge in [-0.3, -0.25) is 9.78 Å². The van der Waals surface area contributed by atoms with E-state index >= 15 is 0 Å². The number of aromatic nitrogens is 2. The number of pyridine rings is 1. The van der Waals surface area contributed by atoms with Gasteiger partial charge in [0, 0.05) is 30.5 Å². The Labute approximate surface area is 227 Å². The normalized spacial score (nSPS) is 15.1. The van der Waals surface area contributed by atoms with E-state index in [1.165, 1.54) is 6.20 Å². The van der Waals surface area contributed by atoms with E-state index in [4.69, 9.17) is 9.52 Å². The Morgan fingerprint density at radius 2 is 1.77 bits per heavy atom. The van der Waals surface area contributed by atoms with Gasteiger partial charge in [0.1, 0.15) is 5.69 Å². The highest BCUT2D eigenvalue weighted by Gasteiger charge is 2.32. The standard InChI is InChI=1S/C28H25F3N6O3/c29-28(30,31)18-14-21(32-12-6-7-13-38)24(33-15-18)22-16-34-27(40-22)37-25-26(39)35-20-11-5-4-10-19(20)23(36-25)17-8-2-1-3-9-17/h1-5,8-11,14-16,25,32,38H,6-7,12-13H2,(H,34,37)(H,35,39)/t25-/m0/s1. The lowest BCUT2D eigenvalue weighted by molar-refractivity contribution is -0.137. The molecular weight excluding hydrogens is 525 g/mol. The van der Waals surface area contributed by atoms with Gasteiger partial charge in [0.05, 0.1) is 28.8 Å². The Morgan fingerprint density at radius 3 is 2.55 bits per heavy atom. The molecule has 0 aliphatic carbocycles. The minimum absolute atomic E-state index is 0.0270. The van der Waals surface area contributed by atoms with Gasteiger partial charge in [0.15, 0.2) is 5.76 Å². The number of alkyl halides is 3. The molecule has 0 saturated heterocycles. The van der Waals surface area contributed by atoms with Crippen LogP contribution in [0.3, 0.4) is 0 Å². The number of nitrogens with one attached hydrogen (secondary N) is 3. The van der Waals surface area contributed by atoms with Crippen molar-refractivity contribution in [1.29, 1.82) is 0 Å². The van der Waals surface area contributed by atoms with Crippen LogP contribution in [-0.2, 0) is 11.0 Å². The lowest BCUT2D eigenvalue weighted by Crippen LogP contribution is -2.32. The van der Waals surface area contributed by atoms with Gasteiger partial charge in [0.2, 0.25) is 6.17 Å². The number of aliphatic hydroxyl groups excluding tert-OH is 1. The average Bonchev–Trinajstić information content (AvgIpc) is 3.36. The number of unbranched alkanes of at least 4 members (excludes halogenated alkanes) is 1. The number of carbonyl (C=O) groups excluding carboxylic acids is 1. The number of oxazole rings is 1. The quantitative estimate of drug-likeness (QED) is 0.212. The molecular formula is C28H25F3N6O3. The van der Waals surface area contributed by atoms with Crippen molar-refractivity contribution in [3.63, 3.8) is 0 Å². The van der Waals surface area contributed by atoms with Crippen LogP contribution >= 0.6 is 0 Å². The van der Waals surface area contributed by atoms with Gasteiger partial charge >= 0.3 is 6.18 Å². The maximum atomic E-state index is 13.3. The summed E-state index contributed by atoms with van der Waals surface area (Å²) in [5.41, 5.74) is 2.01. The first-order chi connectivity index (χ1) is 19.3. The van der Waals surface area contributed by atoms with Gasteiger partial charge in [-0.15, -0.1) is 0 Å². The highest BCUT2D eigenvalue weighted by Crippen LogP contribution is 2.35. The second-order valence-corrected chi connectivity index (χ2v) is 8.93. The minimum atomic E-state index is -4.58. The monoisotopic (exact) mass is 550 g/mol. The highest BCUT2D eigenvalue weighted by molar-refractivity contribution is 6.19. The third-order valence-corrected chi connectivity index (χ3v) is 6.11. The third-order valence-electron chi connectivity index (χ3n) is 6.11. The summed E-state index contributed by atoms with van der Waals surface area (Å²) in [6.45, 7) is 0.288. The predicted octanol–water partition coefficient (Wildman–Crippen LogP) is 5.17. The molecule has 4 aromatic rings. The van der Waals surface area contributed by atoms with Crippen molar-refractivity contribution in [3.8, 4) is 11.5 Å². The minimum Gasteiger partial charge on any atom is -0.422 e. The van der Waals surface area contributed by atoms with Gasteiger partial charge in [0.25, 0.3) is 11.9 Å². The molecule has 0 radical (unpaired) electrons. The van der Waals surface area contributed by atoms with E-state index in [0.717, 1.165) is 23.4 Å². The number of halogens is 3. The smallest absolute Gasteiger partial charge is 0.417 e. The Kier molecular flexibility index (Phi) is 7.78. The lowest BCUT2D eigenvalue weighted by atomic mass is 10.0. The maximum Gasteiger partial charge on any atom is 0.417 e. The Hall–Kier alpha value is -4.71. The van der Waals surface area contributed by atoms with Crippen molar-refractivity contribution in [2.45, 2.75) is 25.2 Å². The van der Waals surface area contributed by atoms with Crippen LogP contribution in [0.1, 0.15) is 29.5 Å². The zero-order chi connectivity index (χ0) is 28.1. The number of hydrogen-bond acceptors (Lipinski definition) is 8. The van der Waals surface area contributed by atoms with Crippen LogP contribution < -0.4 is 16.0 Å². The molecule has 9 nitrogen and oxygen atoms in total. The van der Waals surface area contributed by atoms with Gasteiger partial charge < -0.3 is 25.5 Å². The summed E-state index contributed by atoms with van der Waals surface area (Å²) in [5, 5.41) is 17.7. The van der Waals surface area contributed by atoms with Crippen molar-refractivity contribution < 1.29 is 27.5 Å². The zero-order valence-corrected chi connectivity index (χ0v) is 21.1. The Balaban J connectivity index is 1.44. The summed E-state index contributed by atoms with van der Waals surface area (Å²) in [6, 6.07) is 17.6. The fraction of sp³-hybridized carbons (Fsp3) is 0.214. The SMILES string of the molecule is O=C1Nc2ccccc2C(c2ccccc2)=N[C@H]1Nc1ncc(-c2ncc(C(F)(F)F)cc2NCCCCO)o1. The van der Waals surface area contributed by atoms with Crippen LogP contribution in [0.4, 0.5) is 30.6 Å². The first kappa shape index (κ1) is 26.9. The molecule has 1 aliphatic heterocycles. The van der Waals surface area contributed by atoms with Crippen LogP contribution in [0.25, 0.3) is 11.5 Å². The Morgan fingerprint density at radius 1 is 1.00 bits per heavy atom. The molecule has 0 bridgehead atoms. The average molecular weight is 551 g/mol. The van der Waals surface area contributed by atoms with Crippen molar-refractivity contribution in [2.75, 3.05) is 29.1 Å². The number of fused-ring (bicyclic) bond motifs is 1. The maximum absolute atomic E-state index is 13.3. The van der Waals surface area contributed by atoms with Gasteiger partial charge in [-0.2, -0.15) is 13.2 Å². The second-order valence-electron chi connectivity index (χ2n) is 8.93. The van der Waals surface area contributed by atoms with Crippen molar-refractivity contribution in [2.24, 2.45) is 4.99 Å². The van der Waals surface area contributed by atoms with Gasteiger partial charge in [-0.1, -0.05) is 48.5 Å². The molecule has 0 spiro atoms. The molecule has 0 saturated carbocycles. The van der Waals surface area contributed by atoms with Crippen molar-refractivity contribution in [1.82, 2.24) is 9.97 Å². The molecule has 0 fully saturated rings. The molecule has 40 heavy (non-hydrogen) atoms. The number of carbonyl (C=O) groups is 1. The molecule has 3 heterocycles. The number of benzodiazepines with no additional fused rings is 1. The molecule has 1 aliphatic rings. The molecule has 5 rings (SSSR count). The number of nitrogens with zero attached hydrogens (tertiary/aromatic N) is 3.